The van der Waals surface area contributed by atoms with E-state index in [-0.39, 0.29) is 17.8 Å². The lowest BCUT2D eigenvalue weighted by Gasteiger charge is -2.35. The molecule has 3 aromatic rings. The van der Waals surface area contributed by atoms with Crippen molar-refractivity contribution in [3.05, 3.63) is 65.4 Å². The smallest absolute Gasteiger partial charge is 0.332 e. The molecule has 3 heterocycles. The number of imide groups is 1. The molecule has 2 aliphatic rings. The van der Waals surface area contributed by atoms with E-state index >= 15 is 0 Å². The van der Waals surface area contributed by atoms with Crippen LogP contribution in [0.5, 0.6) is 0 Å². The summed E-state index contributed by atoms with van der Waals surface area (Å²) in [6, 6.07) is 14.5. The first-order chi connectivity index (χ1) is 17.4. The molecule has 0 aliphatic carbocycles. The number of para-hydroxylation sites is 2. The number of anilines is 1. The highest BCUT2D eigenvalue weighted by Gasteiger charge is 2.59. The lowest BCUT2D eigenvalue weighted by Crippen LogP contribution is -2.49. The normalized spacial score (nSPS) is 20.0. The number of H-pyrrole nitrogens is 1. The van der Waals surface area contributed by atoms with E-state index in [1.807, 2.05) is 31.2 Å². The monoisotopic (exact) mass is 486 g/mol. The molecular weight excluding hydrogens is 452 g/mol. The van der Waals surface area contributed by atoms with E-state index in [2.05, 4.69) is 24.1 Å². The maximum atomic E-state index is 14.0. The average molecular weight is 487 g/mol. The summed E-state index contributed by atoms with van der Waals surface area (Å²) in [4.78, 5) is 47.2. The van der Waals surface area contributed by atoms with Gasteiger partial charge in [0.1, 0.15) is 0 Å². The van der Waals surface area contributed by atoms with Crippen LogP contribution in [0.2, 0.25) is 0 Å². The number of carbonyl (C=O) groups is 3. The third kappa shape index (κ3) is 3.69. The number of aromatic amines is 1. The van der Waals surface area contributed by atoms with Gasteiger partial charge in [-0.2, -0.15) is 0 Å². The first kappa shape index (κ1) is 24.1. The van der Waals surface area contributed by atoms with E-state index < -0.39 is 5.54 Å². The van der Waals surface area contributed by atoms with Crippen LogP contribution in [-0.2, 0) is 16.8 Å². The second-order valence-corrected chi connectivity index (χ2v) is 10.1. The number of unbranched alkanes of at least 4 members (excludes halogenated alkanes) is 1. The third-order valence-corrected chi connectivity index (χ3v) is 7.95. The van der Waals surface area contributed by atoms with Crippen molar-refractivity contribution in [2.45, 2.75) is 58.4 Å². The number of fused-ring (bicyclic) bond motifs is 5. The average Bonchev–Trinajstić information content (AvgIpc) is 3.37. The molecule has 0 bridgehead atoms. The van der Waals surface area contributed by atoms with Gasteiger partial charge in [0, 0.05) is 24.0 Å². The van der Waals surface area contributed by atoms with E-state index in [0.717, 1.165) is 47.8 Å². The van der Waals surface area contributed by atoms with Gasteiger partial charge in [-0.1, -0.05) is 63.4 Å². The van der Waals surface area contributed by atoms with Crippen molar-refractivity contribution >= 4 is 34.4 Å². The van der Waals surface area contributed by atoms with Crippen LogP contribution in [0.4, 0.5) is 10.5 Å². The Labute approximate surface area is 211 Å². The SMILES string of the molecule is CCCC[C@@H](CC)CNC(=O)c1ccccc1N1C(=O)N2CCc3c([nH]c4ccccc34)[C@@]2(C)C1=O. The lowest BCUT2D eigenvalue weighted by atomic mass is 9.87. The fraction of sp³-hybridized carbons (Fsp3) is 0.414. The highest BCUT2D eigenvalue weighted by Crippen LogP contribution is 2.45. The van der Waals surface area contributed by atoms with Crippen molar-refractivity contribution in [2.24, 2.45) is 5.92 Å². The van der Waals surface area contributed by atoms with Gasteiger partial charge in [0.25, 0.3) is 11.8 Å². The summed E-state index contributed by atoms with van der Waals surface area (Å²) in [5.41, 5.74) is 2.32. The Morgan fingerprint density at radius 1 is 1.11 bits per heavy atom. The number of benzene rings is 2. The van der Waals surface area contributed by atoms with Crippen molar-refractivity contribution in [3.63, 3.8) is 0 Å². The second-order valence-electron chi connectivity index (χ2n) is 10.1. The van der Waals surface area contributed by atoms with Crippen molar-refractivity contribution in [3.8, 4) is 0 Å². The molecular formula is C29H34N4O3. The first-order valence-corrected chi connectivity index (χ1v) is 13.0. The van der Waals surface area contributed by atoms with Crippen molar-refractivity contribution in [1.29, 1.82) is 0 Å². The highest BCUT2D eigenvalue weighted by atomic mass is 16.2. The molecule has 0 unspecified atom stereocenters. The maximum absolute atomic E-state index is 14.0. The predicted molar refractivity (Wildman–Crippen MR) is 141 cm³/mol. The van der Waals surface area contributed by atoms with Gasteiger partial charge < -0.3 is 15.2 Å². The summed E-state index contributed by atoms with van der Waals surface area (Å²) in [5.74, 6) is -0.193. The van der Waals surface area contributed by atoms with Crippen molar-refractivity contribution in [2.75, 3.05) is 18.0 Å². The Morgan fingerprint density at radius 3 is 2.64 bits per heavy atom. The summed E-state index contributed by atoms with van der Waals surface area (Å²) in [5, 5.41) is 4.13. The number of carbonyl (C=O) groups excluding carboxylic acids is 3. The maximum Gasteiger partial charge on any atom is 0.332 e. The van der Waals surface area contributed by atoms with Crippen LogP contribution in [0.3, 0.4) is 0 Å². The summed E-state index contributed by atoms with van der Waals surface area (Å²) >= 11 is 0. The minimum Gasteiger partial charge on any atom is -0.356 e. The highest BCUT2D eigenvalue weighted by molar-refractivity contribution is 6.25. The van der Waals surface area contributed by atoms with Crippen LogP contribution >= 0.6 is 0 Å². The van der Waals surface area contributed by atoms with E-state index in [1.165, 1.54) is 4.90 Å². The Balaban J connectivity index is 1.47. The van der Waals surface area contributed by atoms with Crippen LogP contribution in [0.1, 0.15) is 68.1 Å². The molecule has 2 aliphatic heterocycles. The topological polar surface area (TPSA) is 85.5 Å². The molecule has 7 heteroatoms. The van der Waals surface area contributed by atoms with E-state index in [9.17, 15) is 14.4 Å². The fourth-order valence-corrected chi connectivity index (χ4v) is 5.74. The number of rotatable bonds is 8. The Hall–Kier alpha value is -3.61. The number of nitrogens with zero attached hydrogens (tertiary/aromatic N) is 2. The van der Waals surface area contributed by atoms with Gasteiger partial charge in [-0.3, -0.25) is 9.59 Å². The summed E-state index contributed by atoms with van der Waals surface area (Å²) in [6.07, 6.45) is 4.98. The van der Waals surface area contributed by atoms with Gasteiger partial charge in [-0.05, 0) is 49.4 Å². The molecule has 2 N–H and O–H groups in total. The summed E-state index contributed by atoms with van der Waals surface area (Å²) in [7, 11) is 0. The van der Waals surface area contributed by atoms with Gasteiger partial charge in [-0.25, -0.2) is 9.69 Å². The minimum absolute atomic E-state index is 0.262. The molecule has 5 rings (SSSR count). The predicted octanol–water partition coefficient (Wildman–Crippen LogP) is 5.35. The number of aromatic nitrogens is 1. The fourth-order valence-electron chi connectivity index (χ4n) is 5.74. The van der Waals surface area contributed by atoms with Gasteiger partial charge in [0.05, 0.1) is 16.9 Å². The first-order valence-electron chi connectivity index (χ1n) is 13.0. The molecule has 0 radical (unpaired) electrons. The standard InChI is InChI=1S/C29H34N4O3/c1-4-6-11-19(5-2)18-30-26(34)22-13-8-10-15-24(22)33-27(35)29(3)25-21(16-17-32(29)28(33)36)20-12-7-9-14-23(20)31-25/h7-10,12-15,19,31H,4-6,11,16-18H2,1-3H3,(H,30,34)/t19-,29+/m1/s1. The Bertz CT molecular complexity index is 1330. The molecule has 1 aromatic heterocycles. The molecule has 2 atom stereocenters. The van der Waals surface area contributed by atoms with E-state index in [4.69, 9.17) is 0 Å². The zero-order chi connectivity index (χ0) is 25.4. The molecule has 188 valence electrons. The van der Waals surface area contributed by atoms with Crippen LogP contribution in [0.15, 0.2) is 48.5 Å². The zero-order valence-electron chi connectivity index (χ0n) is 21.3. The van der Waals surface area contributed by atoms with E-state index in [1.54, 1.807) is 29.2 Å². The van der Waals surface area contributed by atoms with Gasteiger partial charge >= 0.3 is 6.03 Å². The van der Waals surface area contributed by atoms with Crippen molar-refractivity contribution < 1.29 is 14.4 Å². The number of hydrogen-bond donors (Lipinski definition) is 2. The molecule has 4 amide bonds. The zero-order valence-corrected chi connectivity index (χ0v) is 21.3. The Kier molecular flexibility index (Phi) is 6.33. The van der Waals surface area contributed by atoms with Crippen LogP contribution in [-0.4, -0.2) is 40.8 Å². The molecule has 0 saturated carbocycles. The molecule has 36 heavy (non-hydrogen) atoms. The lowest BCUT2D eigenvalue weighted by molar-refractivity contribution is -0.125. The second kappa shape index (κ2) is 9.45. The van der Waals surface area contributed by atoms with Crippen LogP contribution in [0.25, 0.3) is 10.9 Å². The van der Waals surface area contributed by atoms with Gasteiger partial charge in [0.15, 0.2) is 5.54 Å². The number of nitrogens with one attached hydrogen (secondary N) is 2. The van der Waals surface area contributed by atoms with Crippen LogP contribution < -0.4 is 10.2 Å². The Morgan fingerprint density at radius 2 is 1.86 bits per heavy atom. The molecule has 1 fully saturated rings. The van der Waals surface area contributed by atoms with Gasteiger partial charge in [0.2, 0.25) is 0 Å². The molecule has 1 saturated heterocycles. The molecule has 2 aromatic carbocycles. The van der Waals surface area contributed by atoms with Gasteiger partial charge in [-0.15, -0.1) is 0 Å². The molecule has 7 nitrogen and oxygen atoms in total. The van der Waals surface area contributed by atoms with E-state index in [0.29, 0.717) is 36.7 Å². The van der Waals surface area contributed by atoms with Crippen molar-refractivity contribution in [1.82, 2.24) is 15.2 Å². The number of urea groups is 1. The quantitative estimate of drug-likeness (QED) is 0.421. The molecule has 0 spiro atoms. The number of hydrogen-bond acceptors (Lipinski definition) is 3. The summed E-state index contributed by atoms with van der Waals surface area (Å²) in [6.45, 7) is 7.13. The van der Waals surface area contributed by atoms with Crippen LogP contribution in [0, 0.1) is 5.92 Å². The largest absolute Gasteiger partial charge is 0.356 e. The third-order valence-electron chi connectivity index (χ3n) is 7.95. The minimum atomic E-state index is -1.15. The summed E-state index contributed by atoms with van der Waals surface area (Å²) < 4.78 is 0. The number of amides is 4.